The largest absolute Gasteiger partial charge is 0.392 e. The zero-order valence-electron chi connectivity index (χ0n) is 8.83. The van der Waals surface area contributed by atoms with Crippen molar-refractivity contribution in [3.63, 3.8) is 0 Å². The fourth-order valence-corrected chi connectivity index (χ4v) is 2.16. The van der Waals surface area contributed by atoms with Gasteiger partial charge in [0.1, 0.15) is 0 Å². The summed E-state index contributed by atoms with van der Waals surface area (Å²) in [5, 5.41) is 11.4. The number of aromatic nitrogens is 1. The summed E-state index contributed by atoms with van der Waals surface area (Å²) in [5.74, 6) is 0. The van der Waals surface area contributed by atoms with E-state index >= 15 is 0 Å². The fourth-order valence-electron chi connectivity index (χ4n) is 1.80. The molecule has 0 spiro atoms. The summed E-state index contributed by atoms with van der Waals surface area (Å²) in [7, 11) is 0. The van der Waals surface area contributed by atoms with Gasteiger partial charge in [0, 0.05) is 32.7 Å². The summed E-state index contributed by atoms with van der Waals surface area (Å²) in [4.78, 5) is 0. The van der Waals surface area contributed by atoms with Crippen molar-refractivity contribution >= 4 is 45.7 Å². The summed E-state index contributed by atoms with van der Waals surface area (Å²) in [5.41, 5.74) is 3.10. The summed E-state index contributed by atoms with van der Waals surface area (Å²) in [6.45, 7) is 0.440. The molecular weight excluding hydrogens is 280 g/mol. The summed E-state index contributed by atoms with van der Waals surface area (Å²) < 4.78 is 1.91. The Morgan fingerprint density at radius 2 is 2.18 bits per heavy atom. The van der Waals surface area contributed by atoms with E-state index in [4.69, 9.17) is 34.8 Å². The zero-order valence-corrected chi connectivity index (χ0v) is 11.1. The number of aliphatic hydroxyl groups excluding tert-OH is 1. The Bertz CT molecular complexity index is 574. The summed E-state index contributed by atoms with van der Waals surface area (Å²) in [6.07, 6.45) is 1.85. The second kappa shape index (κ2) is 5.32. The highest BCUT2D eigenvalue weighted by molar-refractivity contribution is 6.36. The van der Waals surface area contributed by atoms with Crippen LogP contribution in [0.1, 0.15) is 5.56 Å². The number of benzene rings is 1. The van der Waals surface area contributed by atoms with E-state index in [9.17, 15) is 5.11 Å². The molecule has 2 rings (SSSR count). The van der Waals surface area contributed by atoms with Crippen molar-refractivity contribution in [2.75, 3.05) is 0 Å². The van der Waals surface area contributed by atoms with Crippen LogP contribution in [-0.2, 0) is 13.2 Å². The predicted molar refractivity (Wildman–Crippen MR) is 72.7 cm³/mol. The average Bonchev–Trinajstić information content (AvgIpc) is 2.66. The number of nitrogens with zero attached hydrogens (tertiary/aromatic N) is 1. The molecule has 1 aromatic carbocycles. The topological polar surface area (TPSA) is 25.2 Å². The van der Waals surface area contributed by atoms with Crippen LogP contribution in [0.2, 0.25) is 5.02 Å². The highest BCUT2D eigenvalue weighted by Crippen LogP contribution is 2.26. The van der Waals surface area contributed by atoms with E-state index in [0.29, 0.717) is 16.6 Å². The molecule has 2 nitrogen and oxygen atoms in total. The monoisotopic (exact) mass is 289 g/mol. The average molecular weight is 291 g/mol. The van der Waals surface area contributed by atoms with Crippen LogP contribution >= 0.6 is 34.8 Å². The quantitative estimate of drug-likeness (QED) is 0.904. The van der Waals surface area contributed by atoms with Crippen molar-refractivity contribution in [3.05, 3.63) is 45.5 Å². The van der Waals surface area contributed by atoms with Crippen molar-refractivity contribution in [3.8, 4) is 0 Å². The van der Waals surface area contributed by atoms with Crippen LogP contribution in [-0.4, -0.2) is 9.67 Å². The van der Waals surface area contributed by atoms with Crippen LogP contribution in [0.15, 0.2) is 35.0 Å². The third-order valence-electron chi connectivity index (χ3n) is 2.54. The Morgan fingerprint density at radius 1 is 1.41 bits per heavy atom. The molecule has 0 amide bonds. The van der Waals surface area contributed by atoms with Gasteiger partial charge in [0.25, 0.3) is 0 Å². The molecule has 17 heavy (non-hydrogen) atoms. The number of halogens is 3. The summed E-state index contributed by atoms with van der Waals surface area (Å²) >= 11 is 17.4. The molecule has 0 aliphatic heterocycles. The lowest BCUT2D eigenvalue weighted by Crippen LogP contribution is -1.95. The SMILES string of the molecule is OCc1cn(C/C(Cl)=C/Cl)c2cc(Cl)ccc12. The van der Waals surface area contributed by atoms with Gasteiger partial charge in [-0.15, -0.1) is 0 Å². The molecule has 0 aliphatic rings. The second-order valence-electron chi connectivity index (χ2n) is 3.66. The molecule has 5 heteroatoms. The first-order valence-electron chi connectivity index (χ1n) is 4.98. The molecule has 0 aliphatic carbocycles. The zero-order chi connectivity index (χ0) is 12.4. The number of aliphatic hydroxyl groups is 1. The van der Waals surface area contributed by atoms with Crippen LogP contribution in [0, 0.1) is 0 Å². The van der Waals surface area contributed by atoms with Gasteiger partial charge in [-0.3, -0.25) is 0 Å². The minimum absolute atomic E-state index is 0.0205. The van der Waals surface area contributed by atoms with Gasteiger partial charge in [0.05, 0.1) is 18.7 Å². The third kappa shape index (κ3) is 2.61. The molecule has 0 saturated carbocycles. The molecule has 1 aromatic heterocycles. The van der Waals surface area contributed by atoms with Gasteiger partial charge in [-0.25, -0.2) is 0 Å². The Balaban J connectivity index is 2.58. The number of fused-ring (bicyclic) bond motifs is 1. The van der Waals surface area contributed by atoms with Crippen LogP contribution in [0.3, 0.4) is 0 Å². The Labute approximate surface area is 114 Å². The molecule has 1 heterocycles. The van der Waals surface area contributed by atoms with Crippen LogP contribution < -0.4 is 0 Å². The van der Waals surface area contributed by atoms with E-state index < -0.39 is 0 Å². The molecule has 0 radical (unpaired) electrons. The molecule has 0 unspecified atom stereocenters. The van der Waals surface area contributed by atoms with Gasteiger partial charge >= 0.3 is 0 Å². The van der Waals surface area contributed by atoms with E-state index in [2.05, 4.69) is 0 Å². The molecule has 90 valence electrons. The smallest absolute Gasteiger partial charge is 0.0702 e. The van der Waals surface area contributed by atoms with Gasteiger partial charge in [0.2, 0.25) is 0 Å². The minimum atomic E-state index is -0.0205. The molecule has 0 fully saturated rings. The van der Waals surface area contributed by atoms with Crippen molar-refractivity contribution in [2.24, 2.45) is 0 Å². The van der Waals surface area contributed by atoms with Gasteiger partial charge in [0.15, 0.2) is 0 Å². The first-order valence-corrected chi connectivity index (χ1v) is 6.18. The van der Waals surface area contributed by atoms with Crippen molar-refractivity contribution < 1.29 is 5.11 Å². The standard InChI is InChI=1S/C12H10Cl3NO/c13-4-10(15)6-16-5-8(7-17)11-2-1-9(14)3-12(11)16/h1-5,17H,6-7H2/b10-4-. The van der Waals surface area contributed by atoms with Crippen LogP contribution in [0.25, 0.3) is 10.9 Å². The number of hydrogen-bond donors (Lipinski definition) is 1. The van der Waals surface area contributed by atoms with Gasteiger partial charge in [-0.2, -0.15) is 0 Å². The maximum absolute atomic E-state index is 9.29. The summed E-state index contributed by atoms with van der Waals surface area (Å²) in [6, 6.07) is 5.53. The molecule has 0 bridgehead atoms. The van der Waals surface area contributed by atoms with Crippen molar-refractivity contribution in [1.82, 2.24) is 4.57 Å². The van der Waals surface area contributed by atoms with E-state index in [-0.39, 0.29) is 6.61 Å². The highest BCUT2D eigenvalue weighted by Gasteiger charge is 2.08. The molecule has 0 saturated heterocycles. The maximum atomic E-state index is 9.29. The van der Waals surface area contributed by atoms with Crippen molar-refractivity contribution in [1.29, 1.82) is 0 Å². The van der Waals surface area contributed by atoms with Crippen LogP contribution in [0.5, 0.6) is 0 Å². The fraction of sp³-hybridized carbons (Fsp3) is 0.167. The first-order chi connectivity index (χ1) is 8.15. The normalized spacial score (nSPS) is 12.4. The van der Waals surface area contributed by atoms with E-state index in [1.807, 2.05) is 22.9 Å². The lowest BCUT2D eigenvalue weighted by molar-refractivity contribution is 0.283. The van der Waals surface area contributed by atoms with Crippen molar-refractivity contribution in [2.45, 2.75) is 13.2 Å². The second-order valence-corrected chi connectivity index (χ2v) is 4.80. The van der Waals surface area contributed by atoms with E-state index in [1.165, 1.54) is 5.54 Å². The number of allylic oxidation sites excluding steroid dienone is 1. The van der Waals surface area contributed by atoms with Gasteiger partial charge in [-0.05, 0) is 12.1 Å². The van der Waals surface area contributed by atoms with Gasteiger partial charge in [-0.1, -0.05) is 40.9 Å². The van der Waals surface area contributed by atoms with E-state index in [1.54, 1.807) is 6.07 Å². The number of hydrogen-bond acceptors (Lipinski definition) is 1. The van der Waals surface area contributed by atoms with Crippen LogP contribution in [0.4, 0.5) is 0 Å². The number of rotatable bonds is 3. The van der Waals surface area contributed by atoms with E-state index in [0.717, 1.165) is 16.5 Å². The molecular formula is C12H10Cl3NO. The third-order valence-corrected chi connectivity index (χ3v) is 3.38. The molecule has 0 atom stereocenters. The lowest BCUT2D eigenvalue weighted by atomic mass is 10.2. The first kappa shape index (κ1) is 12.8. The Morgan fingerprint density at radius 3 is 2.82 bits per heavy atom. The maximum Gasteiger partial charge on any atom is 0.0702 e. The Kier molecular flexibility index (Phi) is 4.00. The highest BCUT2D eigenvalue weighted by atomic mass is 35.5. The molecule has 2 aromatic rings. The minimum Gasteiger partial charge on any atom is -0.392 e. The predicted octanol–water partition coefficient (Wildman–Crippen LogP) is 4.11. The van der Waals surface area contributed by atoms with Gasteiger partial charge < -0.3 is 9.67 Å². The lowest BCUT2D eigenvalue weighted by Gasteiger charge is -2.03. The molecule has 1 N–H and O–H groups in total. The Hall–Kier alpha value is -0.670.